The molecular formula is C20H23N5O4. The van der Waals surface area contributed by atoms with E-state index in [1.807, 2.05) is 35.8 Å². The van der Waals surface area contributed by atoms with E-state index in [2.05, 4.69) is 21.5 Å². The number of hydrogen-bond acceptors (Lipinski definition) is 6. The van der Waals surface area contributed by atoms with Gasteiger partial charge >= 0.3 is 11.7 Å². The van der Waals surface area contributed by atoms with Crippen molar-refractivity contribution in [3.8, 4) is 0 Å². The highest BCUT2D eigenvalue weighted by molar-refractivity contribution is 5.77. The normalized spacial score (nSPS) is 16.1. The minimum Gasteiger partial charge on any atom is -0.468 e. The van der Waals surface area contributed by atoms with Crippen LogP contribution in [0.5, 0.6) is 0 Å². The number of carbonyl (C=O) groups is 1. The molecule has 29 heavy (non-hydrogen) atoms. The molecule has 1 aliphatic rings. The Morgan fingerprint density at radius 3 is 2.55 bits per heavy atom. The van der Waals surface area contributed by atoms with Gasteiger partial charge in [-0.1, -0.05) is 24.6 Å². The zero-order valence-corrected chi connectivity index (χ0v) is 16.9. The summed E-state index contributed by atoms with van der Waals surface area (Å²) in [7, 11) is 2.77. The second-order valence-corrected chi connectivity index (χ2v) is 7.55. The number of carbonyl (C=O) groups excluding carboxylic acids is 1. The molecule has 3 aromatic rings. The van der Waals surface area contributed by atoms with Crippen molar-refractivity contribution in [2.75, 3.05) is 18.6 Å². The Labute approximate surface area is 166 Å². The SMILES string of the molecule is COC(=O)Cn1c(=O)c2c(nc3n2C[C@@H](C)CN3c2ccc(C)cc2)n(C)c1=O. The lowest BCUT2D eigenvalue weighted by Crippen LogP contribution is -2.42. The van der Waals surface area contributed by atoms with E-state index in [9.17, 15) is 14.4 Å². The van der Waals surface area contributed by atoms with E-state index >= 15 is 0 Å². The molecule has 9 heteroatoms. The summed E-state index contributed by atoms with van der Waals surface area (Å²) in [4.78, 5) is 44.2. The van der Waals surface area contributed by atoms with E-state index in [1.165, 1.54) is 11.7 Å². The van der Waals surface area contributed by atoms with Crippen LogP contribution >= 0.6 is 0 Å². The molecule has 2 aromatic heterocycles. The van der Waals surface area contributed by atoms with Crippen LogP contribution in [0.2, 0.25) is 0 Å². The van der Waals surface area contributed by atoms with Gasteiger partial charge in [-0.3, -0.25) is 14.2 Å². The number of fused-ring (bicyclic) bond motifs is 3. The molecule has 0 saturated heterocycles. The van der Waals surface area contributed by atoms with Gasteiger partial charge in [0.15, 0.2) is 11.2 Å². The number of benzene rings is 1. The van der Waals surface area contributed by atoms with E-state index in [4.69, 9.17) is 0 Å². The molecule has 0 radical (unpaired) electrons. The van der Waals surface area contributed by atoms with Gasteiger partial charge in [0, 0.05) is 25.8 Å². The molecule has 0 bridgehead atoms. The van der Waals surface area contributed by atoms with Gasteiger partial charge in [0.2, 0.25) is 5.95 Å². The van der Waals surface area contributed by atoms with Gasteiger partial charge in [0.05, 0.1) is 7.11 Å². The van der Waals surface area contributed by atoms with Crippen LogP contribution in [0.15, 0.2) is 33.9 Å². The summed E-state index contributed by atoms with van der Waals surface area (Å²) in [5, 5.41) is 0. The summed E-state index contributed by atoms with van der Waals surface area (Å²) in [6.45, 7) is 5.04. The highest BCUT2D eigenvalue weighted by atomic mass is 16.5. The smallest absolute Gasteiger partial charge is 0.333 e. The van der Waals surface area contributed by atoms with Crippen LogP contribution in [0.25, 0.3) is 11.2 Å². The number of imidazole rings is 1. The molecule has 0 saturated carbocycles. The van der Waals surface area contributed by atoms with Gasteiger partial charge in [-0.05, 0) is 25.0 Å². The van der Waals surface area contributed by atoms with Crippen LogP contribution in [-0.2, 0) is 29.7 Å². The molecule has 4 rings (SSSR count). The summed E-state index contributed by atoms with van der Waals surface area (Å²) in [6, 6.07) is 8.10. The van der Waals surface area contributed by atoms with Crippen molar-refractivity contribution >= 4 is 28.8 Å². The maximum absolute atomic E-state index is 13.1. The van der Waals surface area contributed by atoms with Crippen LogP contribution in [0, 0.1) is 12.8 Å². The minimum absolute atomic E-state index is 0.256. The van der Waals surface area contributed by atoms with Crippen molar-refractivity contribution in [2.45, 2.75) is 26.9 Å². The van der Waals surface area contributed by atoms with E-state index in [0.29, 0.717) is 23.7 Å². The molecule has 0 fully saturated rings. The predicted molar refractivity (Wildman–Crippen MR) is 109 cm³/mol. The first-order valence-corrected chi connectivity index (χ1v) is 9.43. The van der Waals surface area contributed by atoms with Crippen molar-refractivity contribution in [2.24, 2.45) is 13.0 Å². The molecule has 1 aliphatic heterocycles. The van der Waals surface area contributed by atoms with E-state index in [-0.39, 0.29) is 5.92 Å². The van der Waals surface area contributed by atoms with Crippen LogP contribution in [0.4, 0.5) is 11.6 Å². The van der Waals surface area contributed by atoms with Gasteiger partial charge in [-0.25, -0.2) is 9.36 Å². The molecule has 0 N–H and O–H groups in total. The van der Waals surface area contributed by atoms with Crippen LogP contribution in [-0.4, -0.2) is 38.3 Å². The summed E-state index contributed by atoms with van der Waals surface area (Å²) < 4.78 is 8.69. The van der Waals surface area contributed by atoms with Crippen LogP contribution in [0.3, 0.4) is 0 Å². The molecule has 0 aliphatic carbocycles. The third kappa shape index (κ3) is 3.02. The Hall–Kier alpha value is -3.36. The number of aromatic nitrogens is 4. The van der Waals surface area contributed by atoms with Crippen molar-refractivity contribution in [1.29, 1.82) is 0 Å². The maximum atomic E-state index is 13.1. The van der Waals surface area contributed by atoms with Crippen molar-refractivity contribution in [3.05, 3.63) is 50.7 Å². The molecular weight excluding hydrogens is 374 g/mol. The van der Waals surface area contributed by atoms with Crippen LogP contribution < -0.4 is 16.1 Å². The van der Waals surface area contributed by atoms with Gasteiger partial charge < -0.3 is 14.2 Å². The fourth-order valence-electron chi connectivity index (χ4n) is 3.78. The quantitative estimate of drug-likeness (QED) is 0.616. The molecule has 0 spiro atoms. The molecule has 9 nitrogen and oxygen atoms in total. The maximum Gasteiger partial charge on any atom is 0.333 e. The number of hydrogen-bond donors (Lipinski definition) is 0. The van der Waals surface area contributed by atoms with E-state index < -0.39 is 23.8 Å². The molecule has 3 heterocycles. The molecule has 0 amide bonds. The predicted octanol–water partition coefficient (Wildman–Crippen LogP) is 1.17. The van der Waals surface area contributed by atoms with Gasteiger partial charge in [-0.2, -0.15) is 4.98 Å². The first-order chi connectivity index (χ1) is 13.8. The Morgan fingerprint density at radius 1 is 1.21 bits per heavy atom. The first-order valence-electron chi connectivity index (χ1n) is 9.43. The first kappa shape index (κ1) is 19.0. The highest BCUT2D eigenvalue weighted by Crippen LogP contribution is 2.32. The third-order valence-corrected chi connectivity index (χ3v) is 5.30. The molecule has 0 unspecified atom stereocenters. The number of ether oxygens (including phenoxy) is 1. The lowest BCUT2D eigenvalue weighted by molar-refractivity contribution is -0.141. The summed E-state index contributed by atoms with van der Waals surface area (Å²) in [5.41, 5.74) is 1.61. The fraction of sp³-hybridized carbons (Fsp3) is 0.400. The average molecular weight is 397 g/mol. The molecule has 1 aromatic carbocycles. The number of methoxy groups -OCH3 is 1. The zero-order valence-electron chi connectivity index (χ0n) is 16.9. The second-order valence-electron chi connectivity index (χ2n) is 7.55. The van der Waals surface area contributed by atoms with Crippen LogP contribution in [0.1, 0.15) is 12.5 Å². The van der Waals surface area contributed by atoms with Crippen molar-refractivity contribution < 1.29 is 9.53 Å². The Balaban J connectivity index is 1.97. The van der Waals surface area contributed by atoms with E-state index in [1.54, 1.807) is 7.05 Å². The molecule has 152 valence electrons. The summed E-state index contributed by atoms with van der Waals surface area (Å²) in [6.07, 6.45) is 0. The monoisotopic (exact) mass is 397 g/mol. The van der Waals surface area contributed by atoms with Gasteiger partial charge in [-0.15, -0.1) is 0 Å². The zero-order chi connectivity index (χ0) is 20.9. The average Bonchev–Trinajstić information content (AvgIpc) is 3.09. The minimum atomic E-state index is -0.656. The number of rotatable bonds is 3. The number of anilines is 2. The Kier molecular flexibility index (Phi) is 4.52. The van der Waals surface area contributed by atoms with Gasteiger partial charge in [0.25, 0.3) is 5.56 Å². The van der Waals surface area contributed by atoms with E-state index in [0.717, 1.165) is 22.4 Å². The lowest BCUT2D eigenvalue weighted by Gasteiger charge is -2.33. The second kappa shape index (κ2) is 6.91. The largest absolute Gasteiger partial charge is 0.468 e. The fourth-order valence-corrected chi connectivity index (χ4v) is 3.78. The highest BCUT2D eigenvalue weighted by Gasteiger charge is 2.30. The topological polar surface area (TPSA) is 91.4 Å². The standard InChI is InChI=1S/C20H23N5O4/c1-12-5-7-14(8-6-12)23-9-13(2)10-24-16-17(21-19(23)24)22(3)20(28)25(18(16)27)11-15(26)29-4/h5-8,13H,9-11H2,1-4H3/t13-/m0/s1. The number of aryl methyl sites for hydroxylation is 2. The number of nitrogens with zero attached hydrogens (tertiary/aromatic N) is 5. The van der Waals surface area contributed by atoms with Crippen molar-refractivity contribution in [1.82, 2.24) is 18.7 Å². The van der Waals surface area contributed by atoms with Gasteiger partial charge in [0.1, 0.15) is 6.54 Å². The lowest BCUT2D eigenvalue weighted by atomic mass is 10.1. The molecule has 1 atom stereocenters. The third-order valence-electron chi connectivity index (χ3n) is 5.30. The summed E-state index contributed by atoms with van der Waals surface area (Å²) >= 11 is 0. The van der Waals surface area contributed by atoms with Crippen molar-refractivity contribution in [3.63, 3.8) is 0 Å². The Morgan fingerprint density at radius 2 is 1.90 bits per heavy atom. The summed E-state index contributed by atoms with van der Waals surface area (Å²) in [5.74, 6) is 0.216. The Bertz CT molecular complexity index is 1220. The number of esters is 1.